The highest BCUT2D eigenvalue weighted by Crippen LogP contribution is 2.36. The fourth-order valence-electron chi connectivity index (χ4n) is 5.84. The van der Waals surface area contributed by atoms with E-state index in [2.05, 4.69) is 41.7 Å². The molecule has 0 aliphatic carbocycles. The topological polar surface area (TPSA) is 64.0 Å². The van der Waals surface area contributed by atoms with E-state index in [1.807, 2.05) is 72.8 Å². The van der Waals surface area contributed by atoms with E-state index < -0.39 is 11.2 Å². The SMILES string of the molecule is O=C(CCCN1CCC(O)(c2ccc(Br)cc2)CC1)c1ccc(N2CCC(O)(c3ccc(Br)cc3)CC2)cc1. The predicted molar refractivity (Wildman–Crippen MR) is 163 cm³/mol. The number of Topliss-reactive ketones (excluding diaryl/α,β-unsaturated/α-hetero) is 1. The van der Waals surface area contributed by atoms with Gasteiger partial charge in [-0.05, 0) is 98.3 Å². The first kappa shape index (κ1) is 28.5. The Morgan fingerprint density at radius 3 is 1.64 bits per heavy atom. The van der Waals surface area contributed by atoms with Gasteiger partial charge >= 0.3 is 0 Å². The first-order valence-corrected chi connectivity index (χ1v) is 15.4. The summed E-state index contributed by atoms with van der Waals surface area (Å²) < 4.78 is 2.03. The van der Waals surface area contributed by atoms with Gasteiger partial charge in [0.15, 0.2) is 5.78 Å². The molecule has 2 fully saturated rings. The molecule has 0 bridgehead atoms. The van der Waals surface area contributed by atoms with E-state index in [0.29, 0.717) is 32.1 Å². The van der Waals surface area contributed by atoms with Crippen molar-refractivity contribution in [3.8, 4) is 0 Å². The summed E-state index contributed by atoms with van der Waals surface area (Å²) in [5.41, 5.74) is 2.24. The monoisotopic (exact) mass is 654 g/mol. The summed E-state index contributed by atoms with van der Waals surface area (Å²) in [7, 11) is 0. The molecule has 0 radical (unpaired) electrons. The summed E-state index contributed by atoms with van der Waals surface area (Å²) in [5, 5.41) is 22.3. The van der Waals surface area contributed by atoms with Crippen LogP contribution in [0.4, 0.5) is 5.69 Å². The zero-order valence-corrected chi connectivity index (χ0v) is 25.3. The minimum Gasteiger partial charge on any atom is -0.385 e. The second-order valence-electron chi connectivity index (χ2n) is 11.0. The molecule has 2 N–H and O–H groups in total. The van der Waals surface area contributed by atoms with E-state index in [1.165, 1.54) is 0 Å². The Balaban J connectivity index is 1.06. The van der Waals surface area contributed by atoms with Crippen molar-refractivity contribution in [3.63, 3.8) is 0 Å². The number of anilines is 1. The second-order valence-corrected chi connectivity index (χ2v) is 12.8. The van der Waals surface area contributed by atoms with E-state index in [0.717, 1.165) is 70.5 Å². The third kappa shape index (κ3) is 6.83. The van der Waals surface area contributed by atoms with Crippen LogP contribution >= 0.6 is 31.9 Å². The number of likely N-dealkylation sites (tertiary alicyclic amines) is 1. The van der Waals surface area contributed by atoms with Crippen molar-refractivity contribution in [1.29, 1.82) is 0 Å². The van der Waals surface area contributed by atoms with E-state index in [1.54, 1.807) is 0 Å². The molecule has 3 aromatic rings. The smallest absolute Gasteiger partial charge is 0.162 e. The Bertz CT molecular complexity index is 1250. The lowest BCUT2D eigenvalue weighted by Gasteiger charge is -2.39. The van der Waals surface area contributed by atoms with Gasteiger partial charge in [-0.3, -0.25) is 4.79 Å². The van der Waals surface area contributed by atoms with Gasteiger partial charge in [0.25, 0.3) is 0 Å². The molecule has 2 aliphatic heterocycles. The molecule has 2 heterocycles. The Morgan fingerprint density at radius 1 is 0.692 bits per heavy atom. The van der Waals surface area contributed by atoms with Crippen LogP contribution in [-0.2, 0) is 11.2 Å². The average Bonchev–Trinajstić information content (AvgIpc) is 2.95. The van der Waals surface area contributed by atoms with E-state index in [9.17, 15) is 15.0 Å². The third-order valence-electron chi connectivity index (χ3n) is 8.47. The molecule has 0 amide bonds. The van der Waals surface area contributed by atoms with Crippen molar-refractivity contribution in [2.24, 2.45) is 0 Å². The summed E-state index contributed by atoms with van der Waals surface area (Å²) in [6.45, 7) is 4.08. The molecular weight excluding hydrogens is 620 g/mol. The number of ketones is 1. The van der Waals surface area contributed by atoms with Crippen molar-refractivity contribution in [2.45, 2.75) is 49.7 Å². The fraction of sp³-hybridized carbons (Fsp3) is 0.406. The number of rotatable bonds is 8. The van der Waals surface area contributed by atoms with Gasteiger partial charge in [-0.15, -0.1) is 0 Å². The molecule has 0 saturated carbocycles. The molecule has 39 heavy (non-hydrogen) atoms. The molecular formula is C32H36Br2N2O3. The molecule has 206 valence electrons. The summed E-state index contributed by atoms with van der Waals surface area (Å²) in [6, 6.07) is 23.8. The zero-order valence-electron chi connectivity index (χ0n) is 22.2. The Morgan fingerprint density at radius 2 is 1.15 bits per heavy atom. The number of aliphatic hydroxyl groups is 2. The number of hydrogen-bond acceptors (Lipinski definition) is 5. The lowest BCUT2D eigenvalue weighted by Crippen LogP contribution is -2.42. The zero-order chi connectivity index (χ0) is 27.5. The van der Waals surface area contributed by atoms with Gasteiger partial charge in [-0.1, -0.05) is 56.1 Å². The van der Waals surface area contributed by atoms with Crippen LogP contribution in [0.5, 0.6) is 0 Å². The number of hydrogen-bond donors (Lipinski definition) is 2. The second kappa shape index (κ2) is 12.2. The molecule has 0 atom stereocenters. The van der Waals surface area contributed by atoms with Gasteiger partial charge in [0.1, 0.15) is 0 Å². The van der Waals surface area contributed by atoms with Crippen LogP contribution < -0.4 is 4.90 Å². The van der Waals surface area contributed by atoms with E-state index in [4.69, 9.17) is 0 Å². The third-order valence-corrected chi connectivity index (χ3v) is 9.53. The molecule has 0 unspecified atom stereocenters. The van der Waals surface area contributed by atoms with E-state index >= 15 is 0 Å². The van der Waals surface area contributed by atoms with Crippen LogP contribution in [0.3, 0.4) is 0 Å². The maximum Gasteiger partial charge on any atom is 0.162 e. The van der Waals surface area contributed by atoms with Gasteiger partial charge in [0, 0.05) is 52.8 Å². The molecule has 0 aromatic heterocycles. The minimum atomic E-state index is -0.793. The highest BCUT2D eigenvalue weighted by atomic mass is 79.9. The van der Waals surface area contributed by atoms with Gasteiger partial charge in [0.2, 0.25) is 0 Å². The van der Waals surface area contributed by atoms with Gasteiger partial charge in [-0.2, -0.15) is 0 Å². The van der Waals surface area contributed by atoms with Crippen molar-refractivity contribution >= 4 is 43.3 Å². The van der Waals surface area contributed by atoms with Crippen LogP contribution in [0.15, 0.2) is 81.7 Å². The standard InChI is InChI=1S/C32H36Br2N2O3/c33-27-9-5-25(6-10-27)31(38)15-20-35(21-16-31)19-1-2-30(37)24-3-13-29(14-4-24)36-22-17-32(39,18-23-36)26-7-11-28(34)12-8-26/h3-14,38-39H,1-2,15-23H2. The number of benzene rings is 3. The van der Waals surface area contributed by atoms with Crippen LogP contribution in [-0.4, -0.2) is 53.6 Å². The molecule has 0 spiro atoms. The summed E-state index contributed by atoms with van der Waals surface area (Å²) >= 11 is 6.92. The predicted octanol–water partition coefficient (Wildman–Crippen LogP) is 6.65. The largest absolute Gasteiger partial charge is 0.385 e. The number of halogens is 2. The Labute approximate surface area is 248 Å². The van der Waals surface area contributed by atoms with E-state index in [-0.39, 0.29) is 5.78 Å². The maximum atomic E-state index is 12.8. The summed E-state index contributed by atoms with van der Waals surface area (Å²) in [5.74, 6) is 0.174. The minimum absolute atomic E-state index is 0.174. The van der Waals surface area contributed by atoms with Crippen LogP contribution in [0.25, 0.3) is 0 Å². The van der Waals surface area contributed by atoms with Crippen molar-refractivity contribution < 1.29 is 15.0 Å². The van der Waals surface area contributed by atoms with Crippen LogP contribution in [0.1, 0.15) is 60.0 Å². The number of carbonyl (C=O) groups excluding carboxylic acids is 1. The normalized spacial score (nSPS) is 19.1. The highest BCUT2D eigenvalue weighted by molar-refractivity contribution is 9.10. The van der Waals surface area contributed by atoms with Gasteiger partial charge in [-0.25, -0.2) is 0 Å². The maximum absolute atomic E-state index is 12.8. The lowest BCUT2D eigenvalue weighted by molar-refractivity contribution is -0.0260. The number of piperidine rings is 2. The van der Waals surface area contributed by atoms with Gasteiger partial charge in [0.05, 0.1) is 11.2 Å². The Kier molecular flexibility index (Phi) is 8.94. The average molecular weight is 656 g/mol. The molecule has 3 aromatic carbocycles. The molecule has 5 nitrogen and oxygen atoms in total. The number of carbonyl (C=O) groups is 1. The van der Waals surface area contributed by atoms with Crippen molar-refractivity contribution in [2.75, 3.05) is 37.6 Å². The van der Waals surface area contributed by atoms with Gasteiger partial charge < -0.3 is 20.0 Å². The molecule has 2 saturated heterocycles. The lowest BCUT2D eigenvalue weighted by atomic mass is 9.84. The first-order chi connectivity index (χ1) is 18.7. The summed E-state index contributed by atoms with van der Waals surface area (Å²) in [6.07, 6.45) is 4.11. The highest BCUT2D eigenvalue weighted by Gasteiger charge is 2.35. The Hall–Kier alpha value is -2.03. The van der Waals surface area contributed by atoms with Crippen LogP contribution in [0.2, 0.25) is 0 Å². The quantitative estimate of drug-likeness (QED) is 0.266. The fourth-order valence-corrected chi connectivity index (χ4v) is 6.37. The molecule has 7 heteroatoms. The molecule has 5 rings (SSSR count). The van der Waals surface area contributed by atoms with Crippen LogP contribution in [0, 0.1) is 0 Å². The summed E-state index contributed by atoms with van der Waals surface area (Å²) in [4.78, 5) is 17.5. The molecule has 2 aliphatic rings. The van der Waals surface area contributed by atoms with Crippen molar-refractivity contribution in [1.82, 2.24) is 4.90 Å². The first-order valence-electron chi connectivity index (χ1n) is 13.8. The van der Waals surface area contributed by atoms with Crippen molar-refractivity contribution in [3.05, 3.63) is 98.4 Å². The number of nitrogens with zero attached hydrogens (tertiary/aromatic N) is 2.